The Morgan fingerprint density at radius 1 is 1.12 bits per heavy atom. The van der Waals surface area contributed by atoms with Crippen molar-refractivity contribution in [3.8, 4) is 0 Å². The summed E-state index contributed by atoms with van der Waals surface area (Å²) < 4.78 is 0. The Bertz CT molecular complexity index is 926. The fourth-order valence-corrected chi connectivity index (χ4v) is 5.13. The van der Waals surface area contributed by atoms with Gasteiger partial charge in [-0.15, -0.1) is 0 Å². The number of benzene rings is 1. The average Bonchev–Trinajstić information content (AvgIpc) is 3.25. The van der Waals surface area contributed by atoms with Gasteiger partial charge in [0.25, 0.3) is 5.91 Å². The number of imide groups is 1. The highest BCUT2D eigenvalue weighted by Gasteiger charge is 2.53. The van der Waals surface area contributed by atoms with Gasteiger partial charge >= 0.3 is 6.03 Å². The van der Waals surface area contributed by atoms with Gasteiger partial charge in [-0.1, -0.05) is 20.8 Å². The Hall–Kier alpha value is -2.90. The molecule has 3 aliphatic rings. The van der Waals surface area contributed by atoms with Gasteiger partial charge in [-0.05, 0) is 67.7 Å². The first-order valence-corrected chi connectivity index (χ1v) is 11.4. The molecule has 2 aliphatic heterocycles. The molecule has 1 spiro atoms. The van der Waals surface area contributed by atoms with Crippen molar-refractivity contribution in [3.63, 3.8) is 0 Å². The molecule has 0 unspecified atom stereocenters. The largest absolute Gasteiger partial charge is 0.325 e. The van der Waals surface area contributed by atoms with E-state index in [9.17, 15) is 19.2 Å². The van der Waals surface area contributed by atoms with Gasteiger partial charge in [-0.2, -0.15) is 0 Å². The maximum atomic E-state index is 13.1. The predicted molar refractivity (Wildman–Crippen MR) is 121 cm³/mol. The van der Waals surface area contributed by atoms with Crippen molar-refractivity contribution in [2.75, 3.05) is 23.3 Å². The van der Waals surface area contributed by atoms with Crippen LogP contribution in [0.5, 0.6) is 0 Å². The SMILES string of the molecule is CC(C)(C)C1CCC2(CC1)NC(=O)N(CC(=O)Nc1ccc(N3CCCC3=O)cc1)C2=O. The summed E-state index contributed by atoms with van der Waals surface area (Å²) >= 11 is 0. The lowest BCUT2D eigenvalue weighted by atomic mass is 9.67. The Balaban J connectivity index is 1.35. The molecule has 8 heteroatoms. The zero-order valence-electron chi connectivity index (χ0n) is 19.1. The fourth-order valence-electron chi connectivity index (χ4n) is 5.13. The molecule has 1 aliphatic carbocycles. The van der Waals surface area contributed by atoms with Crippen LogP contribution in [0.2, 0.25) is 0 Å². The third-order valence-corrected chi connectivity index (χ3v) is 7.15. The first-order chi connectivity index (χ1) is 15.1. The molecule has 0 radical (unpaired) electrons. The van der Waals surface area contributed by atoms with Crippen molar-refractivity contribution >= 4 is 35.1 Å². The molecule has 1 aromatic carbocycles. The van der Waals surface area contributed by atoms with Crippen LogP contribution in [0.1, 0.15) is 59.3 Å². The summed E-state index contributed by atoms with van der Waals surface area (Å²) in [4.78, 5) is 52.8. The lowest BCUT2D eigenvalue weighted by molar-refractivity contribution is -0.135. The summed E-state index contributed by atoms with van der Waals surface area (Å²) in [6, 6.07) is 6.52. The van der Waals surface area contributed by atoms with Crippen molar-refractivity contribution in [2.24, 2.45) is 11.3 Å². The van der Waals surface area contributed by atoms with E-state index >= 15 is 0 Å². The molecule has 32 heavy (non-hydrogen) atoms. The van der Waals surface area contributed by atoms with E-state index in [2.05, 4.69) is 31.4 Å². The van der Waals surface area contributed by atoms with Crippen molar-refractivity contribution in [3.05, 3.63) is 24.3 Å². The van der Waals surface area contributed by atoms with Crippen LogP contribution in [0.15, 0.2) is 24.3 Å². The van der Waals surface area contributed by atoms with Crippen LogP contribution in [0.4, 0.5) is 16.2 Å². The monoisotopic (exact) mass is 440 g/mol. The average molecular weight is 441 g/mol. The maximum absolute atomic E-state index is 13.1. The van der Waals surface area contributed by atoms with Crippen molar-refractivity contribution in [2.45, 2.75) is 64.8 Å². The van der Waals surface area contributed by atoms with Crippen LogP contribution in [0.3, 0.4) is 0 Å². The summed E-state index contributed by atoms with van der Waals surface area (Å²) in [6.07, 6.45) is 4.37. The molecule has 3 fully saturated rings. The number of rotatable bonds is 4. The van der Waals surface area contributed by atoms with E-state index in [1.54, 1.807) is 29.2 Å². The number of carbonyl (C=O) groups is 4. The van der Waals surface area contributed by atoms with E-state index in [0.29, 0.717) is 37.4 Å². The van der Waals surface area contributed by atoms with E-state index in [0.717, 1.165) is 29.8 Å². The third kappa shape index (κ3) is 4.23. The Morgan fingerprint density at radius 2 is 1.78 bits per heavy atom. The van der Waals surface area contributed by atoms with Gasteiger partial charge < -0.3 is 15.5 Å². The Morgan fingerprint density at radius 3 is 2.34 bits per heavy atom. The van der Waals surface area contributed by atoms with E-state index in [4.69, 9.17) is 0 Å². The summed E-state index contributed by atoms with van der Waals surface area (Å²) in [5.74, 6) is -0.119. The van der Waals surface area contributed by atoms with Gasteiger partial charge in [0.15, 0.2) is 0 Å². The normalized spacial score (nSPS) is 26.1. The minimum atomic E-state index is -0.872. The number of nitrogens with zero attached hydrogens (tertiary/aromatic N) is 2. The van der Waals surface area contributed by atoms with Gasteiger partial charge in [0.2, 0.25) is 11.8 Å². The van der Waals surface area contributed by atoms with Gasteiger partial charge in [0.05, 0.1) is 0 Å². The van der Waals surface area contributed by atoms with E-state index in [-0.39, 0.29) is 23.8 Å². The molecule has 0 atom stereocenters. The highest BCUT2D eigenvalue weighted by Crippen LogP contribution is 2.43. The number of urea groups is 1. The minimum absolute atomic E-state index is 0.103. The first kappa shape index (κ1) is 22.3. The smallest absolute Gasteiger partial charge is 0.325 e. The van der Waals surface area contributed by atoms with Crippen LogP contribution in [-0.4, -0.2) is 47.3 Å². The lowest BCUT2D eigenvalue weighted by Crippen LogP contribution is -2.50. The minimum Gasteiger partial charge on any atom is -0.325 e. The van der Waals surface area contributed by atoms with Gasteiger partial charge in [0, 0.05) is 24.3 Å². The second-order valence-electron chi connectivity index (χ2n) is 10.3. The standard InChI is InChI=1S/C24H32N4O4/c1-23(2,3)16-10-12-24(13-11-16)21(31)28(22(32)26-24)15-19(29)25-17-6-8-18(9-7-17)27-14-4-5-20(27)30/h6-9,16H,4-5,10-15H2,1-3H3,(H,25,29)(H,26,32). The highest BCUT2D eigenvalue weighted by atomic mass is 16.2. The predicted octanol–water partition coefficient (Wildman–Crippen LogP) is 3.28. The summed E-state index contributed by atoms with van der Waals surface area (Å²) in [5, 5.41) is 5.61. The number of carbonyl (C=O) groups excluding carboxylic acids is 4. The quantitative estimate of drug-likeness (QED) is 0.702. The molecule has 0 bridgehead atoms. The summed E-state index contributed by atoms with van der Waals surface area (Å²) in [5.41, 5.74) is 0.651. The van der Waals surface area contributed by atoms with E-state index in [1.807, 2.05) is 0 Å². The topological polar surface area (TPSA) is 98.8 Å². The number of amides is 5. The summed E-state index contributed by atoms with van der Waals surface area (Å²) in [6.45, 7) is 7.00. The third-order valence-electron chi connectivity index (χ3n) is 7.15. The first-order valence-electron chi connectivity index (χ1n) is 11.4. The van der Waals surface area contributed by atoms with Crippen LogP contribution in [0.25, 0.3) is 0 Å². The highest BCUT2D eigenvalue weighted by molar-refractivity contribution is 6.10. The molecular formula is C24H32N4O4. The van der Waals surface area contributed by atoms with Crippen LogP contribution < -0.4 is 15.5 Å². The molecule has 8 nitrogen and oxygen atoms in total. The molecule has 2 heterocycles. The van der Waals surface area contributed by atoms with Crippen LogP contribution >= 0.6 is 0 Å². The number of hydrogen-bond donors (Lipinski definition) is 2. The molecule has 4 rings (SSSR count). The molecule has 5 amide bonds. The van der Waals surface area contributed by atoms with Gasteiger partial charge in [-0.25, -0.2) is 4.79 Å². The van der Waals surface area contributed by atoms with Crippen molar-refractivity contribution < 1.29 is 19.2 Å². The summed E-state index contributed by atoms with van der Waals surface area (Å²) in [7, 11) is 0. The van der Waals surface area contributed by atoms with Gasteiger partial charge in [0.1, 0.15) is 12.1 Å². The number of anilines is 2. The number of hydrogen-bond acceptors (Lipinski definition) is 4. The molecule has 2 N–H and O–H groups in total. The lowest BCUT2D eigenvalue weighted by Gasteiger charge is -2.40. The fraction of sp³-hybridized carbons (Fsp3) is 0.583. The maximum Gasteiger partial charge on any atom is 0.325 e. The molecule has 2 saturated heterocycles. The van der Waals surface area contributed by atoms with Gasteiger partial charge in [-0.3, -0.25) is 19.3 Å². The molecule has 0 aromatic heterocycles. The second kappa shape index (κ2) is 8.22. The second-order valence-corrected chi connectivity index (χ2v) is 10.3. The molecule has 1 aromatic rings. The molecule has 172 valence electrons. The van der Waals surface area contributed by atoms with Crippen molar-refractivity contribution in [1.82, 2.24) is 10.2 Å². The zero-order valence-corrected chi connectivity index (χ0v) is 19.1. The van der Waals surface area contributed by atoms with E-state index in [1.165, 1.54) is 0 Å². The van der Waals surface area contributed by atoms with Crippen molar-refractivity contribution in [1.29, 1.82) is 0 Å². The van der Waals surface area contributed by atoms with Crippen LogP contribution in [0, 0.1) is 11.3 Å². The van der Waals surface area contributed by atoms with E-state index < -0.39 is 17.5 Å². The Labute approximate surface area is 188 Å². The zero-order chi connectivity index (χ0) is 23.1. The Kier molecular flexibility index (Phi) is 5.73. The number of nitrogens with one attached hydrogen (secondary N) is 2. The molecular weight excluding hydrogens is 408 g/mol. The molecule has 1 saturated carbocycles. The van der Waals surface area contributed by atoms with Crippen LogP contribution in [-0.2, 0) is 14.4 Å².